The molecule has 0 atom stereocenters. The van der Waals surface area contributed by atoms with Crippen molar-refractivity contribution in [2.45, 2.75) is 143 Å². The average Bonchev–Trinajstić information content (AvgIpc) is 3.08. The molecule has 52 heavy (non-hydrogen) atoms. The van der Waals surface area contributed by atoms with Crippen molar-refractivity contribution in [3.05, 3.63) is 69.8 Å². The van der Waals surface area contributed by atoms with Crippen LogP contribution in [-0.4, -0.2) is 53.0 Å². The summed E-state index contributed by atoms with van der Waals surface area (Å²) in [6.45, 7) is 23.7. The van der Waals surface area contributed by atoms with E-state index in [2.05, 4.69) is 114 Å². The second-order valence-electron chi connectivity index (χ2n) is 16.0. The minimum absolute atomic E-state index is 0.0785. The van der Waals surface area contributed by atoms with Crippen LogP contribution in [-0.2, 0) is 54.3 Å². The summed E-state index contributed by atoms with van der Waals surface area (Å²) >= 11 is 0. The third-order valence-electron chi connectivity index (χ3n) is 9.57. The topological polar surface area (TPSA) is 112 Å². The fourth-order valence-corrected chi connectivity index (χ4v) is 6.08. The number of aliphatic hydroxyl groups excluding tert-OH is 2. The van der Waals surface area contributed by atoms with E-state index < -0.39 is 16.6 Å². The quantitative estimate of drug-likeness (QED) is 0.0853. The van der Waals surface area contributed by atoms with Crippen LogP contribution >= 0.6 is 0 Å². The van der Waals surface area contributed by atoms with E-state index in [4.69, 9.17) is 23.8 Å². The van der Waals surface area contributed by atoms with E-state index in [1.165, 1.54) is 14.2 Å². The van der Waals surface area contributed by atoms with E-state index in [1.54, 1.807) is 18.2 Å². The summed E-state index contributed by atoms with van der Waals surface area (Å²) < 4.78 is 22.2. The molecule has 8 nitrogen and oxygen atoms in total. The van der Waals surface area contributed by atoms with Crippen LogP contribution in [0.4, 0.5) is 0 Å². The molecule has 0 fully saturated rings. The lowest BCUT2D eigenvalue weighted by Gasteiger charge is -2.36. The molecule has 288 valence electrons. The SMILES string of the molecule is COC(=O)CCCC#Cc1cc(CO)cc(CO)c1.COC(=O)CCCC#Cc1cc(CO[Si](C)(C)C(C)(C)C)cc(CO[Si](C)(C)C(C)(C)C)c1. The van der Waals surface area contributed by atoms with Gasteiger partial charge in [-0.05, 0) is 95.6 Å². The molecule has 0 aromatic heterocycles. The molecule has 0 aliphatic rings. The van der Waals surface area contributed by atoms with Crippen LogP contribution in [0.3, 0.4) is 0 Å². The number of aliphatic hydroxyl groups is 2. The number of carbonyl (C=O) groups is 2. The van der Waals surface area contributed by atoms with Crippen molar-refractivity contribution in [2.24, 2.45) is 0 Å². The maximum atomic E-state index is 11.3. The highest BCUT2D eigenvalue weighted by Gasteiger charge is 2.38. The van der Waals surface area contributed by atoms with Gasteiger partial charge in [-0.1, -0.05) is 77.4 Å². The number of unbranched alkanes of at least 4 members (excludes halogenated alkanes) is 2. The molecule has 2 aromatic carbocycles. The summed E-state index contributed by atoms with van der Waals surface area (Å²) in [6.07, 6.45) is 3.39. The highest BCUT2D eigenvalue weighted by molar-refractivity contribution is 6.74. The third kappa shape index (κ3) is 17.5. The molecule has 0 bridgehead atoms. The lowest BCUT2D eigenvalue weighted by molar-refractivity contribution is -0.141. The molecule has 0 saturated carbocycles. The lowest BCUT2D eigenvalue weighted by Crippen LogP contribution is -2.40. The predicted octanol–water partition coefficient (Wildman–Crippen LogP) is 8.79. The smallest absolute Gasteiger partial charge is 0.305 e. The highest BCUT2D eigenvalue weighted by Crippen LogP contribution is 2.38. The van der Waals surface area contributed by atoms with Gasteiger partial charge in [0, 0.05) is 36.8 Å². The van der Waals surface area contributed by atoms with Crippen LogP contribution in [0.15, 0.2) is 36.4 Å². The molecule has 0 saturated heterocycles. The van der Waals surface area contributed by atoms with E-state index in [0.717, 1.165) is 33.4 Å². The second kappa shape index (κ2) is 22.1. The molecule has 0 aliphatic heterocycles. The van der Waals surface area contributed by atoms with Crippen molar-refractivity contribution in [3.63, 3.8) is 0 Å². The van der Waals surface area contributed by atoms with E-state index in [0.29, 0.717) is 51.7 Å². The van der Waals surface area contributed by atoms with Crippen LogP contribution in [0, 0.1) is 23.7 Å². The molecular weight excluding hydrogens is 689 g/mol. The van der Waals surface area contributed by atoms with E-state index in [-0.39, 0.29) is 35.2 Å². The standard InChI is InChI=1S/C27H46O4Si2.C15H18O4/c1-26(2,3)32(8,9)30-20-23-17-22(15-13-12-14-16-25(28)29-7)18-24(19-23)21-31-33(10,11)27(4,5)6;1-19-15(18)6-4-2-3-5-12-7-13(10-16)9-14(8-12)11-17/h17-19H,12,14,16,20-21H2,1-11H3;7-9,16-17H,2,4,6,10-11H2,1H3. The lowest BCUT2D eigenvalue weighted by atomic mass is 10.1. The first-order chi connectivity index (χ1) is 24.2. The maximum Gasteiger partial charge on any atom is 0.305 e. The summed E-state index contributed by atoms with van der Waals surface area (Å²) in [4.78, 5) is 22.2. The summed E-state index contributed by atoms with van der Waals surface area (Å²) in [7, 11) is -0.920. The molecule has 2 rings (SSSR count). The van der Waals surface area contributed by atoms with Crippen molar-refractivity contribution in [1.29, 1.82) is 0 Å². The molecular formula is C42H64O8Si2. The van der Waals surface area contributed by atoms with E-state index >= 15 is 0 Å². The molecule has 2 aromatic rings. The van der Waals surface area contributed by atoms with Crippen LogP contribution in [0.5, 0.6) is 0 Å². The Morgan fingerprint density at radius 3 is 1.23 bits per heavy atom. The molecule has 0 aliphatic carbocycles. The van der Waals surface area contributed by atoms with Crippen molar-refractivity contribution in [3.8, 4) is 23.7 Å². The highest BCUT2D eigenvalue weighted by atomic mass is 28.4. The fraction of sp³-hybridized carbons (Fsp3) is 0.571. The number of esters is 2. The summed E-state index contributed by atoms with van der Waals surface area (Å²) in [5.74, 6) is 12.0. The fourth-order valence-electron chi connectivity index (χ4n) is 4.15. The molecule has 0 heterocycles. The minimum Gasteiger partial charge on any atom is -0.469 e. The number of hydrogen-bond donors (Lipinski definition) is 2. The van der Waals surface area contributed by atoms with Crippen molar-refractivity contribution < 1.29 is 38.1 Å². The maximum absolute atomic E-state index is 11.3. The Morgan fingerprint density at radius 2 is 0.923 bits per heavy atom. The van der Waals surface area contributed by atoms with Gasteiger partial charge in [0.2, 0.25) is 0 Å². The first-order valence-electron chi connectivity index (χ1n) is 18.0. The van der Waals surface area contributed by atoms with E-state index in [1.807, 2.05) is 0 Å². The average molecular weight is 753 g/mol. The Kier molecular flexibility index (Phi) is 19.9. The van der Waals surface area contributed by atoms with Crippen LogP contribution in [0.2, 0.25) is 36.3 Å². The van der Waals surface area contributed by atoms with Crippen molar-refractivity contribution in [2.75, 3.05) is 14.2 Å². The summed E-state index contributed by atoms with van der Waals surface area (Å²) in [6, 6.07) is 11.7. The zero-order valence-electron chi connectivity index (χ0n) is 33.9. The first-order valence-corrected chi connectivity index (χ1v) is 23.9. The van der Waals surface area contributed by atoms with Gasteiger partial charge in [0.05, 0.1) is 40.6 Å². The predicted molar refractivity (Wildman–Crippen MR) is 214 cm³/mol. The van der Waals surface area contributed by atoms with Gasteiger partial charge in [-0.3, -0.25) is 9.59 Å². The number of ether oxygens (including phenoxy) is 2. The molecule has 0 unspecified atom stereocenters. The Morgan fingerprint density at radius 1 is 0.596 bits per heavy atom. The minimum atomic E-state index is -1.85. The van der Waals surface area contributed by atoms with E-state index in [9.17, 15) is 9.59 Å². The molecule has 0 spiro atoms. The molecule has 2 N–H and O–H groups in total. The Bertz CT molecular complexity index is 1490. The zero-order chi connectivity index (χ0) is 39.6. The van der Waals surface area contributed by atoms with Gasteiger partial charge < -0.3 is 28.5 Å². The van der Waals surface area contributed by atoms with Crippen molar-refractivity contribution in [1.82, 2.24) is 0 Å². The third-order valence-corrected chi connectivity index (χ3v) is 18.5. The van der Waals surface area contributed by atoms with Crippen LogP contribution < -0.4 is 0 Å². The Hall–Kier alpha value is -3.23. The van der Waals surface area contributed by atoms with Crippen molar-refractivity contribution >= 4 is 28.6 Å². The second-order valence-corrected chi connectivity index (χ2v) is 25.6. The van der Waals surface area contributed by atoms with Gasteiger partial charge in [0.15, 0.2) is 16.6 Å². The number of carbonyl (C=O) groups excluding carboxylic acids is 2. The van der Waals surface area contributed by atoms with Gasteiger partial charge in [0.25, 0.3) is 0 Å². The number of methoxy groups -OCH3 is 2. The molecule has 0 radical (unpaired) electrons. The zero-order valence-corrected chi connectivity index (χ0v) is 35.9. The number of benzene rings is 2. The Labute approximate surface area is 316 Å². The van der Waals surface area contributed by atoms with Gasteiger partial charge in [-0.2, -0.15) is 0 Å². The van der Waals surface area contributed by atoms with Crippen LogP contribution in [0.1, 0.15) is 113 Å². The van der Waals surface area contributed by atoms with Gasteiger partial charge in [-0.15, -0.1) is 0 Å². The van der Waals surface area contributed by atoms with Gasteiger partial charge >= 0.3 is 11.9 Å². The number of hydrogen-bond acceptors (Lipinski definition) is 8. The first kappa shape index (κ1) is 46.8. The van der Waals surface area contributed by atoms with Gasteiger partial charge in [0.1, 0.15) is 0 Å². The molecule has 0 amide bonds. The van der Waals surface area contributed by atoms with Crippen LogP contribution in [0.25, 0.3) is 0 Å². The largest absolute Gasteiger partial charge is 0.469 e. The Balaban J connectivity index is 0.000000601. The monoisotopic (exact) mass is 752 g/mol. The number of rotatable bonds is 14. The summed E-state index contributed by atoms with van der Waals surface area (Å²) in [5, 5.41) is 18.5. The van der Waals surface area contributed by atoms with Gasteiger partial charge in [-0.25, -0.2) is 0 Å². The normalized spacial score (nSPS) is 11.7. The molecule has 10 heteroatoms. The summed E-state index contributed by atoms with van der Waals surface area (Å²) in [5.41, 5.74) is 5.45.